The summed E-state index contributed by atoms with van der Waals surface area (Å²) in [6, 6.07) is 3.08. The van der Waals surface area contributed by atoms with Gasteiger partial charge in [-0.15, -0.1) is 0 Å². The Balaban J connectivity index is 1.85. The molecule has 1 saturated heterocycles. The lowest BCUT2D eigenvalue weighted by Gasteiger charge is -2.11. The van der Waals surface area contributed by atoms with Gasteiger partial charge < -0.3 is 20.1 Å². The van der Waals surface area contributed by atoms with Crippen molar-refractivity contribution in [3.63, 3.8) is 0 Å². The highest BCUT2D eigenvalue weighted by Gasteiger charge is 2.17. The SMILES string of the molecule is COCCCNC(=O)c1ccnc(C(=O)NCC2CCCO2)c1. The van der Waals surface area contributed by atoms with E-state index < -0.39 is 0 Å². The third-order valence-corrected chi connectivity index (χ3v) is 3.58. The number of nitrogens with zero attached hydrogens (tertiary/aromatic N) is 1. The van der Waals surface area contributed by atoms with E-state index in [9.17, 15) is 9.59 Å². The average Bonchev–Trinajstić information content (AvgIpc) is 3.10. The number of nitrogens with one attached hydrogen (secondary N) is 2. The second-order valence-electron chi connectivity index (χ2n) is 5.38. The number of pyridine rings is 1. The number of carbonyl (C=O) groups excluding carboxylic acids is 2. The van der Waals surface area contributed by atoms with E-state index in [1.807, 2.05) is 0 Å². The highest BCUT2D eigenvalue weighted by molar-refractivity contribution is 5.98. The van der Waals surface area contributed by atoms with Crippen molar-refractivity contribution in [2.45, 2.75) is 25.4 Å². The minimum atomic E-state index is -0.297. The fourth-order valence-corrected chi connectivity index (χ4v) is 2.32. The standard InChI is InChI=1S/C16H23N3O4/c1-22-8-3-6-18-15(20)12-5-7-17-14(10-12)16(21)19-11-13-4-2-9-23-13/h5,7,10,13H,2-4,6,8-9,11H2,1H3,(H,18,20)(H,19,21). The molecule has 0 aliphatic carbocycles. The molecule has 7 nitrogen and oxygen atoms in total. The molecular weight excluding hydrogens is 298 g/mol. The quantitative estimate of drug-likeness (QED) is 0.690. The number of ether oxygens (including phenoxy) is 2. The molecule has 0 radical (unpaired) electrons. The van der Waals surface area contributed by atoms with Crippen molar-refractivity contribution < 1.29 is 19.1 Å². The summed E-state index contributed by atoms with van der Waals surface area (Å²) in [5.41, 5.74) is 0.646. The fraction of sp³-hybridized carbons (Fsp3) is 0.562. The van der Waals surface area contributed by atoms with E-state index >= 15 is 0 Å². The van der Waals surface area contributed by atoms with E-state index in [1.165, 1.54) is 12.3 Å². The molecule has 1 aliphatic heterocycles. The highest BCUT2D eigenvalue weighted by Crippen LogP contribution is 2.11. The van der Waals surface area contributed by atoms with Gasteiger partial charge in [0.05, 0.1) is 6.10 Å². The second kappa shape index (κ2) is 9.22. The molecule has 0 bridgehead atoms. The summed E-state index contributed by atoms with van der Waals surface area (Å²) in [6.45, 7) is 2.33. The molecule has 1 aromatic heterocycles. The highest BCUT2D eigenvalue weighted by atomic mass is 16.5. The molecule has 7 heteroatoms. The predicted molar refractivity (Wildman–Crippen MR) is 84.4 cm³/mol. The van der Waals surface area contributed by atoms with E-state index in [0.717, 1.165) is 25.9 Å². The molecule has 1 aliphatic rings. The smallest absolute Gasteiger partial charge is 0.269 e. The molecule has 2 heterocycles. The van der Waals surface area contributed by atoms with Crippen LogP contribution in [0, 0.1) is 0 Å². The van der Waals surface area contributed by atoms with Gasteiger partial charge in [-0.05, 0) is 31.4 Å². The largest absolute Gasteiger partial charge is 0.385 e. The first-order valence-electron chi connectivity index (χ1n) is 7.83. The van der Waals surface area contributed by atoms with Gasteiger partial charge in [-0.25, -0.2) is 0 Å². The van der Waals surface area contributed by atoms with E-state index in [-0.39, 0.29) is 23.6 Å². The fourth-order valence-electron chi connectivity index (χ4n) is 2.32. The first kappa shape index (κ1) is 17.4. The molecule has 1 aromatic rings. The Morgan fingerprint density at radius 2 is 2.26 bits per heavy atom. The van der Waals surface area contributed by atoms with Crippen LogP contribution in [-0.2, 0) is 9.47 Å². The average molecular weight is 321 g/mol. The Morgan fingerprint density at radius 1 is 1.39 bits per heavy atom. The van der Waals surface area contributed by atoms with Crippen LogP contribution in [0.1, 0.15) is 40.1 Å². The van der Waals surface area contributed by atoms with Gasteiger partial charge in [0, 0.05) is 45.2 Å². The van der Waals surface area contributed by atoms with E-state index in [0.29, 0.717) is 25.3 Å². The monoisotopic (exact) mass is 321 g/mol. The molecule has 2 amide bonds. The minimum Gasteiger partial charge on any atom is -0.385 e. The lowest BCUT2D eigenvalue weighted by molar-refractivity contribution is 0.0853. The number of rotatable bonds is 8. The maximum absolute atomic E-state index is 12.1. The van der Waals surface area contributed by atoms with Crippen molar-refractivity contribution in [3.8, 4) is 0 Å². The Labute approximate surface area is 135 Å². The van der Waals surface area contributed by atoms with Crippen LogP contribution in [0.3, 0.4) is 0 Å². The third kappa shape index (κ3) is 5.61. The summed E-state index contributed by atoms with van der Waals surface area (Å²) in [4.78, 5) is 28.1. The summed E-state index contributed by atoms with van der Waals surface area (Å²) in [7, 11) is 1.62. The van der Waals surface area contributed by atoms with Gasteiger partial charge in [0.2, 0.25) is 0 Å². The number of amides is 2. The third-order valence-electron chi connectivity index (χ3n) is 3.58. The molecule has 2 N–H and O–H groups in total. The maximum atomic E-state index is 12.1. The minimum absolute atomic E-state index is 0.0752. The first-order chi connectivity index (χ1) is 11.2. The van der Waals surface area contributed by atoms with Crippen LogP contribution in [-0.4, -0.2) is 56.3 Å². The van der Waals surface area contributed by atoms with Crippen molar-refractivity contribution in [1.82, 2.24) is 15.6 Å². The lowest BCUT2D eigenvalue weighted by atomic mass is 10.2. The molecule has 0 aromatic carbocycles. The van der Waals surface area contributed by atoms with Crippen LogP contribution < -0.4 is 10.6 Å². The van der Waals surface area contributed by atoms with Gasteiger partial charge in [-0.2, -0.15) is 0 Å². The van der Waals surface area contributed by atoms with Gasteiger partial charge in [-0.3, -0.25) is 14.6 Å². The Bertz CT molecular complexity index is 530. The molecular formula is C16H23N3O4. The number of aromatic nitrogens is 1. The van der Waals surface area contributed by atoms with Crippen LogP contribution in [0.5, 0.6) is 0 Å². The number of hydrogen-bond acceptors (Lipinski definition) is 5. The van der Waals surface area contributed by atoms with E-state index in [1.54, 1.807) is 13.2 Å². The molecule has 0 saturated carbocycles. The van der Waals surface area contributed by atoms with E-state index in [2.05, 4.69) is 15.6 Å². The summed E-state index contributed by atoms with van der Waals surface area (Å²) >= 11 is 0. The van der Waals surface area contributed by atoms with Crippen molar-refractivity contribution >= 4 is 11.8 Å². The van der Waals surface area contributed by atoms with Gasteiger partial charge in [0.15, 0.2) is 0 Å². The molecule has 126 valence electrons. The zero-order chi connectivity index (χ0) is 16.5. The first-order valence-corrected chi connectivity index (χ1v) is 7.83. The van der Waals surface area contributed by atoms with Crippen LogP contribution in [0.2, 0.25) is 0 Å². The van der Waals surface area contributed by atoms with Gasteiger partial charge in [0.1, 0.15) is 5.69 Å². The number of methoxy groups -OCH3 is 1. The number of hydrogen-bond donors (Lipinski definition) is 2. The molecule has 1 unspecified atom stereocenters. The second-order valence-corrected chi connectivity index (χ2v) is 5.38. The van der Waals surface area contributed by atoms with Gasteiger partial charge >= 0.3 is 0 Å². The summed E-state index contributed by atoms with van der Waals surface area (Å²) < 4.78 is 10.4. The van der Waals surface area contributed by atoms with E-state index in [4.69, 9.17) is 9.47 Å². The maximum Gasteiger partial charge on any atom is 0.269 e. The Morgan fingerprint density at radius 3 is 3.00 bits per heavy atom. The number of carbonyl (C=O) groups is 2. The van der Waals surface area contributed by atoms with Crippen molar-refractivity contribution in [2.75, 3.05) is 33.4 Å². The molecule has 1 atom stereocenters. The van der Waals surface area contributed by atoms with Crippen molar-refractivity contribution in [2.24, 2.45) is 0 Å². The lowest BCUT2D eigenvalue weighted by Crippen LogP contribution is -2.32. The summed E-state index contributed by atoms with van der Waals surface area (Å²) in [5, 5.41) is 5.57. The molecule has 23 heavy (non-hydrogen) atoms. The van der Waals surface area contributed by atoms with Gasteiger partial charge in [-0.1, -0.05) is 0 Å². The Hall–Kier alpha value is -1.99. The normalized spacial score (nSPS) is 17.0. The molecule has 1 fully saturated rings. The van der Waals surface area contributed by atoms with Crippen molar-refractivity contribution in [3.05, 3.63) is 29.6 Å². The van der Waals surface area contributed by atoms with Gasteiger partial charge in [0.25, 0.3) is 11.8 Å². The molecule has 2 rings (SSSR count). The van der Waals surface area contributed by atoms with Crippen LogP contribution >= 0.6 is 0 Å². The van der Waals surface area contributed by atoms with Crippen LogP contribution in [0.4, 0.5) is 0 Å². The summed E-state index contributed by atoms with van der Waals surface area (Å²) in [6.07, 6.45) is 4.26. The zero-order valence-corrected chi connectivity index (χ0v) is 13.3. The van der Waals surface area contributed by atoms with Crippen LogP contribution in [0.15, 0.2) is 18.3 Å². The Kier molecular flexibility index (Phi) is 6.96. The predicted octanol–water partition coefficient (Wildman–Crippen LogP) is 0.757. The van der Waals surface area contributed by atoms with Crippen molar-refractivity contribution in [1.29, 1.82) is 0 Å². The summed E-state index contributed by atoms with van der Waals surface area (Å²) in [5.74, 6) is -0.522. The van der Waals surface area contributed by atoms with Crippen LogP contribution in [0.25, 0.3) is 0 Å². The topological polar surface area (TPSA) is 89.5 Å². The zero-order valence-electron chi connectivity index (χ0n) is 13.3. The molecule has 0 spiro atoms.